The first-order valence-corrected chi connectivity index (χ1v) is 13.1. The molecule has 0 saturated carbocycles. The Bertz CT molecular complexity index is 1330. The second-order valence-electron chi connectivity index (χ2n) is 9.05. The van der Waals surface area contributed by atoms with E-state index in [4.69, 9.17) is 37.4 Å². The number of esters is 2. The molecule has 0 bridgehead atoms. The van der Waals surface area contributed by atoms with Gasteiger partial charge in [0.2, 0.25) is 0 Å². The molecule has 2 aromatic carbocycles. The van der Waals surface area contributed by atoms with E-state index < -0.39 is 35.5 Å². The number of ketones is 1. The van der Waals surface area contributed by atoms with Crippen LogP contribution in [0.25, 0.3) is 0 Å². The Morgan fingerprint density at radius 2 is 1.71 bits per heavy atom. The minimum Gasteiger partial charge on any atom is -0.497 e. The molecule has 7 nitrogen and oxygen atoms in total. The number of dihydropyridines is 1. The van der Waals surface area contributed by atoms with E-state index in [2.05, 4.69) is 5.32 Å². The molecule has 0 saturated heterocycles. The number of rotatable bonds is 7. The summed E-state index contributed by atoms with van der Waals surface area (Å²) >= 11 is 12.8. The van der Waals surface area contributed by atoms with Crippen LogP contribution in [0.4, 0.5) is 0 Å². The van der Waals surface area contributed by atoms with Gasteiger partial charge in [-0.25, -0.2) is 4.79 Å². The molecule has 1 N–H and O–H groups in total. The number of carbonyl (C=O) groups excluding carboxylic acids is 3. The zero-order valence-electron chi connectivity index (χ0n) is 21.6. The highest BCUT2D eigenvalue weighted by atomic mass is 35.5. The summed E-state index contributed by atoms with van der Waals surface area (Å²) in [5.74, 6) is -3.40. The topological polar surface area (TPSA) is 90.9 Å². The molecule has 2 aliphatic rings. The van der Waals surface area contributed by atoms with Crippen LogP contribution in [-0.2, 0) is 23.9 Å². The molecular weight excluding hydrogens is 529 g/mol. The molecule has 2 aromatic rings. The molecule has 200 valence electrons. The Kier molecular flexibility index (Phi) is 8.48. The van der Waals surface area contributed by atoms with Crippen molar-refractivity contribution in [2.45, 2.75) is 39.0 Å². The molecule has 9 heteroatoms. The summed E-state index contributed by atoms with van der Waals surface area (Å²) in [6.45, 7) is 5.45. The smallest absolute Gasteiger partial charge is 0.336 e. The number of halogens is 2. The van der Waals surface area contributed by atoms with Gasteiger partial charge in [-0.15, -0.1) is 0 Å². The van der Waals surface area contributed by atoms with Crippen molar-refractivity contribution < 1.29 is 28.6 Å². The van der Waals surface area contributed by atoms with E-state index in [-0.39, 0.29) is 18.8 Å². The van der Waals surface area contributed by atoms with Crippen LogP contribution in [-0.4, -0.2) is 38.0 Å². The first kappa shape index (κ1) is 27.7. The lowest BCUT2D eigenvalue weighted by molar-refractivity contribution is -0.152. The normalized spacial score (nSPS) is 21.0. The molecule has 0 amide bonds. The predicted molar refractivity (Wildman–Crippen MR) is 144 cm³/mol. The van der Waals surface area contributed by atoms with Crippen molar-refractivity contribution in [3.8, 4) is 5.75 Å². The summed E-state index contributed by atoms with van der Waals surface area (Å²) in [6, 6.07) is 12.2. The minimum atomic E-state index is -1.11. The fourth-order valence-corrected chi connectivity index (χ4v) is 5.74. The lowest BCUT2D eigenvalue weighted by Crippen LogP contribution is -2.43. The van der Waals surface area contributed by atoms with Gasteiger partial charge >= 0.3 is 11.9 Å². The third-order valence-electron chi connectivity index (χ3n) is 6.87. The highest BCUT2D eigenvalue weighted by molar-refractivity contribution is 6.35. The number of allylic oxidation sites excluding steroid dienone is 3. The van der Waals surface area contributed by atoms with Gasteiger partial charge in [0.05, 0.1) is 25.9 Å². The first-order chi connectivity index (χ1) is 18.2. The van der Waals surface area contributed by atoms with E-state index in [1.54, 1.807) is 58.2 Å². The van der Waals surface area contributed by atoms with Crippen molar-refractivity contribution in [3.05, 3.63) is 86.2 Å². The summed E-state index contributed by atoms with van der Waals surface area (Å²) in [5, 5.41) is 3.99. The zero-order valence-corrected chi connectivity index (χ0v) is 23.1. The average Bonchev–Trinajstić information content (AvgIpc) is 2.88. The maximum absolute atomic E-state index is 14.3. The quantitative estimate of drug-likeness (QED) is 0.344. The van der Waals surface area contributed by atoms with Gasteiger partial charge in [-0.1, -0.05) is 41.4 Å². The fraction of sp³-hybridized carbons (Fsp3) is 0.345. The van der Waals surface area contributed by atoms with Crippen LogP contribution in [0.1, 0.15) is 50.2 Å². The Balaban J connectivity index is 1.91. The molecule has 0 spiro atoms. The van der Waals surface area contributed by atoms with E-state index in [1.807, 2.05) is 12.1 Å². The number of nitrogens with one attached hydrogen (secondary N) is 1. The highest BCUT2D eigenvalue weighted by Crippen LogP contribution is 2.49. The molecule has 0 fully saturated rings. The minimum absolute atomic E-state index is 0.127. The van der Waals surface area contributed by atoms with E-state index in [1.165, 1.54) is 0 Å². The van der Waals surface area contributed by atoms with Gasteiger partial charge in [0.25, 0.3) is 0 Å². The molecule has 1 heterocycles. The number of hydrogen-bond acceptors (Lipinski definition) is 7. The van der Waals surface area contributed by atoms with Gasteiger partial charge in [-0.2, -0.15) is 0 Å². The van der Waals surface area contributed by atoms with Crippen LogP contribution in [0, 0.1) is 5.92 Å². The molecule has 0 radical (unpaired) electrons. The number of hydrogen-bond donors (Lipinski definition) is 1. The standard InChI is InChI=1S/C29H29Cl2NO6/c1-5-37-28(34)23-15(3)32-22-14-20(16-7-10-18(36-4)11-8-16)25(29(35)38-6-2)27(33)26(22)24(23)19-12-9-17(30)13-21(19)31/h7-13,20,24-25,32H,5-6,14H2,1-4H3. The van der Waals surface area contributed by atoms with Gasteiger partial charge in [-0.3, -0.25) is 9.59 Å². The van der Waals surface area contributed by atoms with Crippen molar-refractivity contribution in [3.63, 3.8) is 0 Å². The van der Waals surface area contributed by atoms with Crippen molar-refractivity contribution in [2.75, 3.05) is 20.3 Å². The molecule has 1 aliphatic carbocycles. The predicted octanol–water partition coefficient (Wildman–Crippen LogP) is 5.72. The van der Waals surface area contributed by atoms with Gasteiger partial charge < -0.3 is 19.5 Å². The van der Waals surface area contributed by atoms with Crippen LogP contribution in [0.3, 0.4) is 0 Å². The zero-order chi connectivity index (χ0) is 27.6. The third kappa shape index (κ3) is 5.18. The van der Waals surface area contributed by atoms with Crippen LogP contribution < -0.4 is 10.1 Å². The lowest BCUT2D eigenvalue weighted by Gasteiger charge is -2.39. The second kappa shape index (κ2) is 11.6. The molecule has 3 unspecified atom stereocenters. The second-order valence-corrected chi connectivity index (χ2v) is 9.90. The Morgan fingerprint density at radius 3 is 2.32 bits per heavy atom. The SMILES string of the molecule is CCOC(=O)C1=C(C)NC2=C(C(=O)C(C(=O)OCC)C(c3ccc(OC)cc3)C2)C1c1ccc(Cl)cc1Cl. The molecule has 3 atom stereocenters. The van der Waals surface area contributed by atoms with Crippen molar-refractivity contribution in [1.29, 1.82) is 0 Å². The summed E-state index contributed by atoms with van der Waals surface area (Å²) in [6.07, 6.45) is 0.339. The Morgan fingerprint density at radius 1 is 1.03 bits per heavy atom. The van der Waals surface area contributed by atoms with Gasteiger partial charge in [0, 0.05) is 38.8 Å². The summed E-state index contributed by atoms with van der Waals surface area (Å²) < 4.78 is 16.0. The monoisotopic (exact) mass is 557 g/mol. The van der Waals surface area contributed by atoms with Crippen LogP contribution >= 0.6 is 23.2 Å². The summed E-state index contributed by atoms with van der Waals surface area (Å²) in [5.41, 5.74) is 3.04. The van der Waals surface area contributed by atoms with E-state index >= 15 is 0 Å². The Labute approximate surface area is 231 Å². The average molecular weight is 558 g/mol. The summed E-state index contributed by atoms with van der Waals surface area (Å²) in [4.78, 5) is 40.8. The van der Waals surface area contributed by atoms with E-state index in [9.17, 15) is 14.4 Å². The largest absolute Gasteiger partial charge is 0.497 e. The maximum atomic E-state index is 14.3. The lowest BCUT2D eigenvalue weighted by atomic mass is 9.67. The highest BCUT2D eigenvalue weighted by Gasteiger charge is 2.49. The number of Topliss-reactive ketones (excluding diaryl/α,β-unsaturated/α-hetero) is 1. The van der Waals surface area contributed by atoms with Gasteiger partial charge in [0.1, 0.15) is 11.7 Å². The number of methoxy groups -OCH3 is 1. The number of benzene rings is 2. The Hall–Kier alpha value is -3.29. The van der Waals surface area contributed by atoms with Gasteiger partial charge in [0.15, 0.2) is 5.78 Å². The third-order valence-corrected chi connectivity index (χ3v) is 7.43. The first-order valence-electron chi connectivity index (χ1n) is 12.4. The molecular formula is C29H29Cl2NO6. The molecule has 4 rings (SSSR count). The van der Waals surface area contributed by atoms with Crippen LogP contribution in [0.2, 0.25) is 10.0 Å². The molecule has 1 aliphatic heterocycles. The van der Waals surface area contributed by atoms with Crippen LogP contribution in [0.15, 0.2) is 65.0 Å². The number of carbonyl (C=O) groups is 3. The maximum Gasteiger partial charge on any atom is 0.336 e. The van der Waals surface area contributed by atoms with Crippen molar-refractivity contribution in [2.24, 2.45) is 5.92 Å². The molecule has 0 aromatic heterocycles. The van der Waals surface area contributed by atoms with E-state index in [0.717, 1.165) is 5.56 Å². The van der Waals surface area contributed by atoms with Crippen LogP contribution in [0.5, 0.6) is 5.75 Å². The van der Waals surface area contributed by atoms with Crippen molar-refractivity contribution in [1.82, 2.24) is 5.32 Å². The van der Waals surface area contributed by atoms with E-state index in [0.29, 0.717) is 44.7 Å². The van der Waals surface area contributed by atoms with Crippen molar-refractivity contribution >= 4 is 40.9 Å². The summed E-state index contributed by atoms with van der Waals surface area (Å²) in [7, 11) is 1.57. The van der Waals surface area contributed by atoms with Gasteiger partial charge in [-0.05, 0) is 62.6 Å². The molecule has 38 heavy (non-hydrogen) atoms. The fourth-order valence-electron chi connectivity index (χ4n) is 5.23. The number of ether oxygens (including phenoxy) is 3.